The lowest BCUT2D eigenvalue weighted by Crippen LogP contribution is -2.11. The number of amides is 1. The first-order valence-electron chi connectivity index (χ1n) is 3.46. The van der Waals surface area contributed by atoms with Gasteiger partial charge >= 0.3 is 6.09 Å². The smallest absolute Gasteiger partial charge is 0.404 e. The van der Waals surface area contributed by atoms with Gasteiger partial charge in [-0.2, -0.15) is 0 Å². The number of carbonyl (C=O) groups excluding carboxylic acids is 1. The second kappa shape index (κ2) is 7.47. The van der Waals surface area contributed by atoms with Crippen LogP contribution in [-0.4, -0.2) is 18.5 Å². The molecule has 0 spiro atoms. The Labute approximate surface area is 71.0 Å². The Hall–Kier alpha value is -0.640. The van der Waals surface area contributed by atoms with Crippen molar-refractivity contribution < 1.29 is 9.53 Å². The average Bonchev–Trinajstić information content (AvgIpc) is 2.41. The van der Waals surface area contributed by atoms with Crippen LogP contribution in [-0.2, 0) is 4.74 Å². The van der Waals surface area contributed by atoms with Crippen molar-refractivity contribution in [2.45, 2.75) is 13.3 Å². The summed E-state index contributed by atoms with van der Waals surface area (Å²) in [4.78, 5) is 9.60. The molecule has 0 radical (unpaired) electrons. The molecular weight excluding hydrogens is 162 g/mol. The summed E-state index contributed by atoms with van der Waals surface area (Å²) in [5, 5.41) is 2.15. The number of carbonyl (C=O) groups is 1. The van der Waals surface area contributed by atoms with Crippen molar-refractivity contribution in [3.63, 3.8) is 0 Å². The van der Waals surface area contributed by atoms with Gasteiger partial charge in [-0.1, -0.05) is 6.08 Å². The Bertz CT molecular complexity index is 130. The van der Waals surface area contributed by atoms with E-state index in [1.54, 1.807) is 6.92 Å². The van der Waals surface area contributed by atoms with Gasteiger partial charge in [0, 0.05) is 5.75 Å². The summed E-state index contributed by atoms with van der Waals surface area (Å²) in [6.07, 6.45) is 2.77. The molecule has 0 bridgehead atoms. The molecule has 0 saturated heterocycles. The van der Waals surface area contributed by atoms with Gasteiger partial charge < -0.3 is 10.5 Å². The molecule has 0 atom stereocenters. The number of thioether (sulfide) groups is 1. The Morgan fingerprint density at radius 2 is 2.55 bits per heavy atom. The molecule has 1 aliphatic rings. The molecule has 3 nitrogen and oxygen atoms in total. The fourth-order valence-corrected chi connectivity index (χ4v) is 1.16. The van der Waals surface area contributed by atoms with Gasteiger partial charge in [-0.3, -0.25) is 0 Å². The van der Waals surface area contributed by atoms with E-state index in [2.05, 4.69) is 22.0 Å². The molecular formula is C7H13NO2S. The monoisotopic (exact) mass is 175 g/mol. The highest BCUT2D eigenvalue weighted by Gasteiger charge is 1.85. The van der Waals surface area contributed by atoms with Crippen LogP contribution < -0.4 is 5.73 Å². The van der Waals surface area contributed by atoms with Crippen LogP contribution in [0.1, 0.15) is 13.3 Å². The molecule has 0 aromatic heterocycles. The van der Waals surface area contributed by atoms with E-state index in [9.17, 15) is 4.79 Å². The minimum Gasteiger partial charge on any atom is -0.450 e. The van der Waals surface area contributed by atoms with Gasteiger partial charge in [-0.15, -0.1) is 11.8 Å². The van der Waals surface area contributed by atoms with Crippen LogP contribution in [0.15, 0.2) is 11.5 Å². The second-order valence-corrected chi connectivity index (χ2v) is 2.80. The molecule has 0 aromatic carbocycles. The van der Waals surface area contributed by atoms with Crippen molar-refractivity contribution in [2.75, 3.05) is 12.4 Å². The molecule has 0 aliphatic carbocycles. The number of primary amides is 1. The third kappa shape index (κ3) is 9.36. The normalized spacial score (nSPS) is 13.5. The maximum absolute atomic E-state index is 9.60. The number of ether oxygens (including phenoxy) is 1. The van der Waals surface area contributed by atoms with Crippen molar-refractivity contribution >= 4 is 17.9 Å². The number of rotatable bonds is 1. The first-order valence-corrected chi connectivity index (χ1v) is 4.51. The fourth-order valence-electron chi connectivity index (χ4n) is 0.482. The first kappa shape index (κ1) is 10.4. The molecule has 4 heteroatoms. The van der Waals surface area contributed by atoms with Crippen molar-refractivity contribution in [1.29, 1.82) is 0 Å². The third-order valence-electron chi connectivity index (χ3n) is 0.881. The van der Waals surface area contributed by atoms with E-state index < -0.39 is 6.09 Å². The van der Waals surface area contributed by atoms with Crippen molar-refractivity contribution in [3.8, 4) is 0 Å². The number of hydrogen-bond donors (Lipinski definition) is 1. The molecule has 1 rings (SSSR count). The summed E-state index contributed by atoms with van der Waals surface area (Å²) in [7, 11) is 0. The highest BCUT2D eigenvalue weighted by atomic mass is 32.2. The summed E-state index contributed by atoms with van der Waals surface area (Å²) in [6, 6.07) is 0. The highest BCUT2D eigenvalue weighted by Crippen LogP contribution is 2.11. The molecule has 0 saturated carbocycles. The minimum atomic E-state index is -0.711. The van der Waals surface area contributed by atoms with Gasteiger partial charge in [0.25, 0.3) is 0 Å². The molecule has 0 aromatic rings. The Balaban J connectivity index is 0.000000183. The molecule has 11 heavy (non-hydrogen) atoms. The van der Waals surface area contributed by atoms with Crippen molar-refractivity contribution in [2.24, 2.45) is 5.73 Å². The second-order valence-electron chi connectivity index (χ2n) is 1.78. The zero-order chi connectivity index (χ0) is 8.53. The van der Waals surface area contributed by atoms with Crippen LogP contribution in [0, 0.1) is 0 Å². The zero-order valence-electron chi connectivity index (χ0n) is 6.58. The molecule has 1 heterocycles. The third-order valence-corrected chi connectivity index (χ3v) is 1.74. The van der Waals surface area contributed by atoms with E-state index in [1.807, 2.05) is 11.8 Å². The first-order chi connectivity index (χ1) is 5.27. The van der Waals surface area contributed by atoms with Crippen LogP contribution in [0.3, 0.4) is 0 Å². The van der Waals surface area contributed by atoms with Gasteiger partial charge in [-0.05, 0) is 18.8 Å². The minimum absolute atomic E-state index is 0.356. The number of nitrogens with two attached hydrogens (primary N) is 1. The largest absolute Gasteiger partial charge is 0.450 e. The lowest BCUT2D eigenvalue weighted by molar-refractivity contribution is 0.163. The van der Waals surface area contributed by atoms with Crippen molar-refractivity contribution in [3.05, 3.63) is 11.5 Å². The van der Waals surface area contributed by atoms with Crippen LogP contribution in [0.5, 0.6) is 0 Å². The summed E-state index contributed by atoms with van der Waals surface area (Å²) in [6.45, 7) is 2.06. The van der Waals surface area contributed by atoms with Crippen LogP contribution >= 0.6 is 11.8 Å². The van der Waals surface area contributed by atoms with Crippen LogP contribution in [0.2, 0.25) is 0 Å². The summed E-state index contributed by atoms with van der Waals surface area (Å²) in [5.74, 6) is 1.31. The Kier molecular flexibility index (Phi) is 7.03. The van der Waals surface area contributed by atoms with Gasteiger partial charge in [0.2, 0.25) is 0 Å². The van der Waals surface area contributed by atoms with Gasteiger partial charge in [0.15, 0.2) is 0 Å². The van der Waals surface area contributed by atoms with Gasteiger partial charge in [-0.25, -0.2) is 4.79 Å². The Morgan fingerprint density at radius 3 is 2.64 bits per heavy atom. The lowest BCUT2D eigenvalue weighted by Gasteiger charge is -1.89. The zero-order valence-corrected chi connectivity index (χ0v) is 7.39. The maximum Gasteiger partial charge on any atom is 0.404 e. The summed E-state index contributed by atoms with van der Waals surface area (Å²) in [5.41, 5.74) is 4.54. The molecule has 64 valence electrons. The molecule has 1 amide bonds. The van der Waals surface area contributed by atoms with Gasteiger partial charge in [0.1, 0.15) is 0 Å². The van der Waals surface area contributed by atoms with E-state index in [4.69, 9.17) is 0 Å². The number of allylic oxidation sites excluding steroid dienone is 1. The van der Waals surface area contributed by atoms with E-state index in [-0.39, 0.29) is 0 Å². The predicted molar refractivity (Wildman–Crippen MR) is 47.4 cm³/mol. The van der Waals surface area contributed by atoms with E-state index in [1.165, 1.54) is 12.2 Å². The maximum atomic E-state index is 9.60. The lowest BCUT2D eigenvalue weighted by atomic mass is 10.5. The van der Waals surface area contributed by atoms with E-state index in [0.717, 1.165) is 0 Å². The van der Waals surface area contributed by atoms with E-state index in [0.29, 0.717) is 6.61 Å². The topological polar surface area (TPSA) is 52.3 Å². The SMILES string of the molecule is C1=CSCC1.CCOC(N)=O. The van der Waals surface area contributed by atoms with Crippen LogP contribution in [0.4, 0.5) is 4.79 Å². The van der Waals surface area contributed by atoms with Gasteiger partial charge in [0.05, 0.1) is 6.61 Å². The molecule has 0 fully saturated rings. The van der Waals surface area contributed by atoms with Crippen molar-refractivity contribution in [1.82, 2.24) is 0 Å². The predicted octanol–water partition coefficient (Wildman–Crippen LogP) is 1.74. The number of hydrogen-bond acceptors (Lipinski definition) is 3. The standard InChI is InChI=1S/C4H6S.C3H7NO2/c1-2-4-5-3-1;1-2-6-3(4)5/h1,3H,2,4H2;2H2,1H3,(H2,4,5). The summed E-state index contributed by atoms with van der Waals surface area (Å²) < 4.78 is 4.18. The quantitative estimate of drug-likeness (QED) is 0.660. The summed E-state index contributed by atoms with van der Waals surface area (Å²) >= 11 is 1.89. The highest BCUT2D eigenvalue weighted by molar-refractivity contribution is 8.02. The van der Waals surface area contributed by atoms with Crippen LogP contribution in [0.25, 0.3) is 0 Å². The molecule has 2 N–H and O–H groups in total. The van der Waals surface area contributed by atoms with E-state index >= 15 is 0 Å². The fraction of sp³-hybridized carbons (Fsp3) is 0.571. The average molecular weight is 175 g/mol. The molecule has 1 aliphatic heterocycles. The Morgan fingerprint density at radius 1 is 1.82 bits per heavy atom. The molecule has 0 unspecified atom stereocenters.